The molecular formula is C26H28N2O3S. The van der Waals surface area contributed by atoms with Crippen LogP contribution in [0.1, 0.15) is 23.6 Å². The Bertz CT molecular complexity index is 1190. The van der Waals surface area contributed by atoms with E-state index in [9.17, 15) is 13.2 Å². The molecule has 0 aromatic heterocycles. The van der Waals surface area contributed by atoms with E-state index < -0.39 is 10.0 Å². The van der Waals surface area contributed by atoms with Gasteiger partial charge in [0, 0.05) is 18.3 Å². The number of benzene rings is 3. The number of rotatable bonds is 7. The third kappa shape index (κ3) is 4.61. The Hall–Kier alpha value is -2.96. The van der Waals surface area contributed by atoms with Crippen molar-refractivity contribution in [2.24, 2.45) is 0 Å². The van der Waals surface area contributed by atoms with Crippen molar-refractivity contribution in [2.75, 3.05) is 18.0 Å². The average Bonchev–Trinajstić information content (AvgIpc) is 3.13. The second-order valence-electron chi connectivity index (χ2n) is 8.33. The van der Waals surface area contributed by atoms with Gasteiger partial charge in [0.2, 0.25) is 15.9 Å². The molecule has 4 rings (SSSR count). The number of hydrogen-bond donors (Lipinski definition) is 0. The summed E-state index contributed by atoms with van der Waals surface area (Å²) in [6.45, 7) is 3.96. The van der Waals surface area contributed by atoms with E-state index in [-0.39, 0.29) is 29.9 Å². The Morgan fingerprint density at radius 1 is 0.969 bits per heavy atom. The van der Waals surface area contributed by atoms with Crippen LogP contribution >= 0.6 is 0 Å². The minimum absolute atomic E-state index is 0.00190. The summed E-state index contributed by atoms with van der Waals surface area (Å²) >= 11 is 0. The van der Waals surface area contributed by atoms with Crippen LogP contribution in [0.2, 0.25) is 0 Å². The maximum Gasteiger partial charge on any atom is 0.243 e. The van der Waals surface area contributed by atoms with Crippen molar-refractivity contribution in [3.8, 4) is 0 Å². The van der Waals surface area contributed by atoms with Crippen molar-refractivity contribution >= 4 is 21.6 Å². The fourth-order valence-electron chi connectivity index (χ4n) is 4.21. The van der Waals surface area contributed by atoms with Gasteiger partial charge in [0.1, 0.15) is 0 Å². The zero-order valence-corrected chi connectivity index (χ0v) is 19.3. The first-order chi connectivity index (χ1) is 15.4. The first-order valence-electron chi connectivity index (χ1n) is 10.9. The predicted molar refractivity (Wildman–Crippen MR) is 127 cm³/mol. The van der Waals surface area contributed by atoms with E-state index in [1.54, 1.807) is 29.2 Å². The van der Waals surface area contributed by atoms with Crippen molar-refractivity contribution in [1.29, 1.82) is 0 Å². The van der Waals surface area contributed by atoms with E-state index in [2.05, 4.69) is 0 Å². The van der Waals surface area contributed by atoms with E-state index in [0.717, 1.165) is 28.8 Å². The maximum atomic E-state index is 13.5. The highest BCUT2D eigenvalue weighted by Gasteiger charge is 2.34. The summed E-state index contributed by atoms with van der Waals surface area (Å²) in [5, 5.41) is 0. The molecule has 0 unspecified atom stereocenters. The van der Waals surface area contributed by atoms with E-state index in [1.165, 1.54) is 4.31 Å². The molecule has 1 aliphatic heterocycles. The number of carbonyl (C=O) groups is 1. The van der Waals surface area contributed by atoms with E-state index in [0.29, 0.717) is 6.42 Å². The molecule has 0 N–H and O–H groups in total. The number of hydrogen-bond acceptors (Lipinski definition) is 3. The van der Waals surface area contributed by atoms with Crippen molar-refractivity contribution in [1.82, 2.24) is 4.31 Å². The molecule has 32 heavy (non-hydrogen) atoms. The summed E-state index contributed by atoms with van der Waals surface area (Å²) in [4.78, 5) is 15.3. The molecule has 0 aliphatic carbocycles. The van der Waals surface area contributed by atoms with Gasteiger partial charge in [0.15, 0.2) is 0 Å². The lowest BCUT2D eigenvalue weighted by atomic mass is 10.1. The average molecular weight is 449 g/mol. The Balaban J connectivity index is 1.61. The second kappa shape index (κ2) is 9.27. The van der Waals surface area contributed by atoms with Gasteiger partial charge in [-0.1, -0.05) is 66.2 Å². The molecule has 1 atom stereocenters. The predicted octanol–water partition coefficient (Wildman–Crippen LogP) is 4.21. The van der Waals surface area contributed by atoms with Crippen LogP contribution in [0.3, 0.4) is 0 Å². The van der Waals surface area contributed by atoms with Crippen LogP contribution in [0.4, 0.5) is 5.69 Å². The summed E-state index contributed by atoms with van der Waals surface area (Å²) in [5.41, 5.74) is 4.01. The lowest BCUT2D eigenvalue weighted by molar-refractivity contribution is -0.119. The lowest BCUT2D eigenvalue weighted by Gasteiger charge is -2.27. The maximum absolute atomic E-state index is 13.5. The fourth-order valence-corrected chi connectivity index (χ4v) is 5.60. The molecule has 1 aliphatic rings. The van der Waals surface area contributed by atoms with E-state index in [1.807, 2.05) is 68.4 Å². The van der Waals surface area contributed by atoms with Gasteiger partial charge < -0.3 is 4.90 Å². The zero-order valence-electron chi connectivity index (χ0n) is 18.4. The molecule has 0 saturated carbocycles. The molecule has 166 valence electrons. The van der Waals surface area contributed by atoms with Gasteiger partial charge in [0.25, 0.3) is 0 Å². The number of amides is 1. The molecule has 0 fully saturated rings. The zero-order chi connectivity index (χ0) is 22.7. The number of fused-ring (bicyclic) bond motifs is 1. The van der Waals surface area contributed by atoms with Gasteiger partial charge in [-0.3, -0.25) is 4.79 Å². The molecule has 6 heteroatoms. The van der Waals surface area contributed by atoms with Crippen LogP contribution in [0.15, 0.2) is 83.8 Å². The summed E-state index contributed by atoms with van der Waals surface area (Å²) < 4.78 is 28.3. The fraction of sp³-hybridized carbons (Fsp3) is 0.269. The number of sulfonamides is 1. The standard InChI is InChI=1S/C26H28N2O3S/c1-20-12-14-24(15-13-20)32(30,31)27(17-16-22-8-4-3-5-9-22)19-26(29)28-21(2)18-23-10-6-7-11-25(23)28/h3-15,21H,16-19H2,1-2H3/t21-/m0/s1. The van der Waals surface area contributed by atoms with Crippen molar-refractivity contribution in [3.05, 3.63) is 95.6 Å². The SMILES string of the molecule is Cc1ccc(S(=O)(=O)N(CCc2ccccc2)CC(=O)N2c3ccccc3C[C@@H]2C)cc1. The van der Waals surface area contributed by atoms with E-state index in [4.69, 9.17) is 0 Å². The van der Waals surface area contributed by atoms with Crippen molar-refractivity contribution < 1.29 is 13.2 Å². The third-order valence-corrected chi connectivity index (χ3v) is 7.80. The highest BCUT2D eigenvalue weighted by atomic mass is 32.2. The molecule has 1 heterocycles. The normalized spacial score (nSPS) is 15.7. The minimum atomic E-state index is -3.82. The van der Waals surface area contributed by atoms with Crippen LogP contribution < -0.4 is 4.90 Å². The monoisotopic (exact) mass is 448 g/mol. The van der Waals surface area contributed by atoms with Gasteiger partial charge >= 0.3 is 0 Å². The van der Waals surface area contributed by atoms with Gasteiger partial charge in [-0.25, -0.2) is 8.42 Å². The Kier molecular flexibility index (Phi) is 6.44. The number of aryl methyl sites for hydroxylation is 1. The second-order valence-corrected chi connectivity index (χ2v) is 10.3. The van der Waals surface area contributed by atoms with Gasteiger partial charge in [0.05, 0.1) is 11.4 Å². The first kappa shape index (κ1) is 22.2. The Morgan fingerprint density at radius 2 is 1.62 bits per heavy atom. The third-order valence-electron chi connectivity index (χ3n) is 5.94. The van der Waals surface area contributed by atoms with Crippen LogP contribution in [-0.2, 0) is 27.7 Å². The van der Waals surface area contributed by atoms with Crippen molar-refractivity contribution in [2.45, 2.75) is 37.6 Å². The number of carbonyl (C=O) groups excluding carboxylic acids is 1. The largest absolute Gasteiger partial charge is 0.308 e. The van der Waals surface area contributed by atoms with Crippen LogP contribution in [-0.4, -0.2) is 37.8 Å². The molecule has 0 bridgehead atoms. The van der Waals surface area contributed by atoms with Crippen molar-refractivity contribution in [3.63, 3.8) is 0 Å². The number of nitrogens with zero attached hydrogens (tertiary/aromatic N) is 2. The molecule has 1 amide bonds. The molecule has 0 spiro atoms. The first-order valence-corrected chi connectivity index (χ1v) is 12.3. The van der Waals surface area contributed by atoms with Crippen LogP contribution in [0.25, 0.3) is 0 Å². The molecule has 3 aromatic carbocycles. The summed E-state index contributed by atoms with van der Waals surface area (Å²) in [6, 6.07) is 24.3. The molecule has 0 radical (unpaired) electrons. The topological polar surface area (TPSA) is 57.7 Å². The summed E-state index contributed by atoms with van der Waals surface area (Å²) in [7, 11) is -3.82. The highest BCUT2D eigenvalue weighted by Crippen LogP contribution is 2.32. The van der Waals surface area contributed by atoms with Crippen LogP contribution in [0, 0.1) is 6.92 Å². The van der Waals surface area contributed by atoms with Gasteiger partial charge in [-0.05, 0) is 56.0 Å². The summed E-state index contributed by atoms with van der Waals surface area (Å²) in [6.07, 6.45) is 1.31. The van der Waals surface area contributed by atoms with E-state index >= 15 is 0 Å². The van der Waals surface area contributed by atoms with Gasteiger partial charge in [-0.2, -0.15) is 4.31 Å². The quantitative estimate of drug-likeness (QED) is 0.544. The Morgan fingerprint density at radius 3 is 2.34 bits per heavy atom. The van der Waals surface area contributed by atoms with Gasteiger partial charge in [-0.15, -0.1) is 0 Å². The molecule has 3 aromatic rings. The minimum Gasteiger partial charge on any atom is -0.308 e. The lowest BCUT2D eigenvalue weighted by Crippen LogP contribution is -2.45. The molecule has 0 saturated heterocycles. The van der Waals surface area contributed by atoms with Crippen LogP contribution in [0.5, 0.6) is 0 Å². The summed E-state index contributed by atoms with van der Waals surface area (Å²) in [5.74, 6) is -0.203. The molecule has 5 nitrogen and oxygen atoms in total. The smallest absolute Gasteiger partial charge is 0.243 e. The number of anilines is 1. The highest BCUT2D eigenvalue weighted by molar-refractivity contribution is 7.89. The Labute approximate surface area is 190 Å². The molecular weight excluding hydrogens is 420 g/mol. The number of para-hydroxylation sites is 1.